The summed E-state index contributed by atoms with van der Waals surface area (Å²) in [5.74, 6) is -0.264. The molecular weight excluding hydrogens is 291 g/mol. The molecule has 0 saturated heterocycles. The van der Waals surface area contributed by atoms with Gasteiger partial charge in [-0.15, -0.1) is 0 Å². The van der Waals surface area contributed by atoms with Gasteiger partial charge in [-0.25, -0.2) is 4.39 Å². The second-order valence-corrected chi connectivity index (χ2v) is 6.07. The Balaban J connectivity index is 1.77. The van der Waals surface area contributed by atoms with E-state index >= 15 is 0 Å². The summed E-state index contributed by atoms with van der Waals surface area (Å²) in [6, 6.07) is 15.9. The van der Waals surface area contributed by atoms with Crippen molar-refractivity contribution in [1.29, 1.82) is 0 Å². The molecule has 2 N–H and O–H groups in total. The molecule has 1 saturated carbocycles. The van der Waals surface area contributed by atoms with Crippen molar-refractivity contribution in [3.8, 4) is 0 Å². The van der Waals surface area contributed by atoms with Gasteiger partial charge in [0.25, 0.3) is 0 Å². The number of carbonyl (C=O) groups is 1. The van der Waals surface area contributed by atoms with Gasteiger partial charge in [-0.3, -0.25) is 10.1 Å². The smallest absolute Gasteiger partial charge is 0.241 e. The minimum atomic E-state index is -0.420. The third kappa shape index (κ3) is 4.17. The zero-order valence-electron chi connectivity index (χ0n) is 13.1. The summed E-state index contributed by atoms with van der Waals surface area (Å²) in [5.41, 5.74) is 1.88. The average Bonchev–Trinajstić information content (AvgIpc) is 3.37. The van der Waals surface area contributed by atoms with Gasteiger partial charge < -0.3 is 5.32 Å². The lowest BCUT2D eigenvalue weighted by Crippen LogP contribution is -2.39. The Morgan fingerprint density at radius 1 is 1.04 bits per heavy atom. The Hall–Kier alpha value is -2.20. The fourth-order valence-corrected chi connectivity index (χ4v) is 2.58. The molecule has 0 aromatic heterocycles. The molecule has 2 aromatic carbocycles. The molecule has 0 unspecified atom stereocenters. The molecule has 2 aromatic rings. The van der Waals surface area contributed by atoms with Crippen molar-refractivity contribution in [2.75, 3.05) is 0 Å². The van der Waals surface area contributed by atoms with Crippen molar-refractivity contribution in [3.05, 3.63) is 71.5 Å². The maximum atomic E-state index is 13.1. The minimum Gasteiger partial charge on any atom is -0.352 e. The van der Waals surface area contributed by atoms with Crippen LogP contribution in [0.4, 0.5) is 4.39 Å². The third-order valence-electron chi connectivity index (χ3n) is 4.11. The van der Waals surface area contributed by atoms with E-state index in [1.165, 1.54) is 12.1 Å². The van der Waals surface area contributed by atoms with Crippen molar-refractivity contribution in [1.82, 2.24) is 10.6 Å². The maximum Gasteiger partial charge on any atom is 0.241 e. The lowest BCUT2D eigenvalue weighted by Gasteiger charge is -2.23. The molecule has 1 aliphatic carbocycles. The summed E-state index contributed by atoms with van der Waals surface area (Å²) in [5, 5.41) is 6.42. The number of nitrogens with one attached hydrogen (secondary N) is 2. The van der Waals surface area contributed by atoms with Crippen LogP contribution in [0.5, 0.6) is 0 Å². The SMILES string of the molecule is C[C@@H](N[C@@H](C(=O)NC1CC1)c1ccccc1)c1ccc(F)cc1. The lowest BCUT2D eigenvalue weighted by atomic mass is 10.0. The second-order valence-electron chi connectivity index (χ2n) is 6.07. The van der Waals surface area contributed by atoms with E-state index in [2.05, 4.69) is 10.6 Å². The quantitative estimate of drug-likeness (QED) is 0.857. The molecule has 4 heteroatoms. The van der Waals surface area contributed by atoms with Gasteiger partial charge in [0.15, 0.2) is 0 Å². The van der Waals surface area contributed by atoms with Gasteiger partial charge in [-0.2, -0.15) is 0 Å². The van der Waals surface area contributed by atoms with Crippen LogP contribution in [0.25, 0.3) is 0 Å². The van der Waals surface area contributed by atoms with Crippen molar-refractivity contribution >= 4 is 5.91 Å². The summed E-state index contributed by atoms with van der Waals surface area (Å²) < 4.78 is 13.1. The van der Waals surface area contributed by atoms with Crippen LogP contribution >= 0.6 is 0 Å². The van der Waals surface area contributed by atoms with E-state index in [4.69, 9.17) is 0 Å². The first kappa shape index (κ1) is 15.7. The lowest BCUT2D eigenvalue weighted by molar-refractivity contribution is -0.123. The van der Waals surface area contributed by atoms with Gasteiger partial charge in [0.2, 0.25) is 5.91 Å². The molecule has 3 rings (SSSR count). The van der Waals surface area contributed by atoms with Crippen molar-refractivity contribution in [2.24, 2.45) is 0 Å². The third-order valence-corrected chi connectivity index (χ3v) is 4.11. The molecule has 1 amide bonds. The number of halogens is 1. The number of benzene rings is 2. The highest BCUT2D eigenvalue weighted by Gasteiger charge is 2.29. The van der Waals surface area contributed by atoms with E-state index in [0.29, 0.717) is 6.04 Å². The number of hydrogen-bond acceptors (Lipinski definition) is 2. The van der Waals surface area contributed by atoms with Gasteiger partial charge in [0.1, 0.15) is 11.9 Å². The fourth-order valence-electron chi connectivity index (χ4n) is 2.58. The summed E-state index contributed by atoms with van der Waals surface area (Å²) in [6.45, 7) is 1.98. The first-order chi connectivity index (χ1) is 11.1. The van der Waals surface area contributed by atoms with Gasteiger partial charge in [0.05, 0.1) is 0 Å². The van der Waals surface area contributed by atoms with E-state index in [1.54, 1.807) is 12.1 Å². The molecular formula is C19H21FN2O. The summed E-state index contributed by atoms with van der Waals surface area (Å²) >= 11 is 0. The van der Waals surface area contributed by atoms with Crippen molar-refractivity contribution < 1.29 is 9.18 Å². The number of carbonyl (C=O) groups excluding carboxylic acids is 1. The van der Waals surface area contributed by atoms with Crippen molar-refractivity contribution in [3.63, 3.8) is 0 Å². The molecule has 1 aliphatic rings. The van der Waals surface area contributed by atoms with Crippen LogP contribution in [0.1, 0.15) is 43.0 Å². The topological polar surface area (TPSA) is 41.1 Å². The zero-order chi connectivity index (χ0) is 16.2. The molecule has 0 aliphatic heterocycles. The van der Waals surface area contributed by atoms with Crippen molar-refractivity contribution in [2.45, 2.75) is 37.9 Å². The Kier molecular flexibility index (Phi) is 4.72. The van der Waals surface area contributed by atoms with E-state index < -0.39 is 6.04 Å². The summed E-state index contributed by atoms with van der Waals surface area (Å²) in [4.78, 5) is 12.6. The highest BCUT2D eigenvalue weighted by Crippen LogP contribution is 2.23. The van der Waals surface area contributed by atoms with Gasteiger partial charge in [-0.05, 0) is 43.0 Å². The minimum absolute atomic E-state index is 0.00679. The molecule has 0 radical (unpaired) electrons. The van der Waals surface area contributed by atoms with Crippen LogP contribution in [-0.2, 0) is 4.79 Å². The van der Waals surface area contributed by atoms with Gasteiger partial charge >= 0.3 is 0 Å². The maximum absolute atomic E-state index is 13.1. The van der Waals surface area contributed by atoms with Crippen LogP contribution in [0.2, 0.25) is 0 Å². The second kappa shape index (κ2) is 6.92. The first-order valence-electron chi connectivity index (χ1n) is 8.00. The van der Waals surface area contributed by atoms with Crippen LogP contribution in [0.15, 0.2) is 54.6 Å². The monoisotopic (exact) mass is 312 g/mol. The molecule has 1 fully saturated rings. The summed E-state index contributed by atoms with van der Waals surface area (Å²) in [7, 11) is 0. The van der Waals surface area contributed by atoms with E-state index in [0.717, 1.165) is 24.0 Å². The van der Waals surface area contributed by atoms with E-state index in [1.807, 2.05) is 37.3 Å². The molecule has 23 heavy (non-hydrogen) atoms. The van der Waals surface area contributed by atoms with Gasteiger partial charge in [-0.1, -0.05) is 42.5 Å². The molecule has 2 atom stereocenters. The van der Waals surface area contributed by atoms with Crippen LogP contribution in [-0.4, -0.2) is 11.9 Å². The highest BCUT2D eigenvalue weighted by molar-refractivity contribution is 5.83. The predicted molar refractivity (Wildman–Crippen MR) is 88.3 cm³/mol. The highest BCUT2D eigenvalue weighted by atomic mass is 19.1. The van der Waals surface area contributed by atoms with E-state index in [9.17, 15) is 9.18 Å². The van der Waals surface area contributed by atoms with Crippen LogP contribution in [0, 0.1) is 5.82 Å². The Morgan fingerprint density at radius 3 is 2.30 bits per heavy atom. The van der Waals surface area contributed by atoms with Gasteiger partial charge in [0, 0.05) is 12.1 Å². The number of hydrogen-bond donors (Lipinski definition) is 2. The van der Waals surface area contributed by atoms with Crippen LogP contribution in [0.3, 0.4) is 0 Å². The standard InChI is InChI=1S/C19H21FN2O/c1-13(14-7-9-16(20)10-8-14)21-18(15-5-3-2-4-6-15)19(23)22-17-11-12-17/h2-10,13,17-18,21H,11-12H2,1H3,(H,22,23)/t13-,18-/m1/s1. The fraction of sp³-hybridized carbons (Fsp3) is 0.316. The predicted octanol–water partition coefficient (Wildman–Crippen LogP) is 3.50. The van der Waals surface area contributed by atoms with Crippen LogP contribution < -0.4 is 10.6 Å². The Morgan fingerprint density at radius 2 is 1.70 bits per heavy atom. The van der Waals surface area contributed by atoms with E-state index in [-0.39, 0.29) is 17.8 Å². The Labute approximate surface area is 135 Å². The number of rotatable bonds is 6. The first-order valence-corrected chi connectivity index (χ1v) is 8.00. The molecule has 0 bridgehead atoms. The molecule has 120 valence electrons. The average molecular weight is 312 g/mol. The number of amides is 1. The molecule has 0 heterocycles. The Bertz CT molecular complexity index is 653. The molecule has 3 nitrogen and oxygen atoms in total. The normalized spacial score (nSPS) is 16.6. The summed E-state index contributed by atoms with van der Waals surface area (Å²) in [6.07, 6.45) is 2.11. The largest absolute Gasteiger partial charge is 0.352 e. The molecule has 0 spiro atoms. The zero-order valence-corrected chi connectivity index (χ0v) is 13.1.